The van der Waals surface area contributed by atoms with Crippen LogP contribution in [-0.4, -0.2) is 96.7 Å². The summed E-state index contributed by atoms with van der Waals surface area (Å²) in [5, 5.41) is 10.6. The Hall–Kier alpha value is -1.94. The summed E-state index contributed by atoms with van der Waals surface area (Å²) in [5.41, 5.74) is 0. The highest BCUT2D eigenvalue weighted by molar-refractivity contribution is 7.47. The second-order valence-corrected chi connectivity index (χ2v) is 28.8. The lowest BCUT2D eigenvalue weighted by Gasteiger charge is -2.21. The maximum Gasteiger partial charge on any atom is 0.472 e. The Labute approximate surface area is 537 Å². The zero-order chi connectivity index (χ0) is 65.0. The summed E-state index contributed by atoms with van der Waals surface area (Å²) >= 11 is 0. The number of ether oxygens (including phenoxy) is 4. The Kier molecular flexibility index (Phi) is 59.9. The van der Waals surface area contributed by atoms with E-state index in [9.17, 15) is 43.2 Å². The van der Waals surface area contributed by atoms with E-state index in [0.29, 0.717) is 37.5 Å². The van der Waals surface area contributed by atoms with Gasteiger partial charge in [-0.25, -0.2) is 9.13 Å². The number of carbonyl (C=O) groups is 4. The molecule has 2 unspecified atom stereocenters. The van der Waals surface area contributed by atoms with Crippen molar-refractivity contribution in [3.05, 3.63) is 0 Å². The Morgan fingerprint density at radius 3 is 0.773 bits per heavy atom. The number of esters is 4. The highest BCUT2D eigenvalue weighted by Gasteiger charge is 2.30. The first-order valence-corrected chi connectivity index (χ1v) is 39.0. The van der Waals surface area contributed by atoms with Crippen LogP contribution < -0.4 is 0 Å². The zero-order valence-electron chi connectivity index (χ0n) is 57.0. The molecule has 0 rings (SSSR count). The Morgan fingerprint density at radius 2 is 0.523 bits per heavy atom. The molecule has 0 fully saturated rings. The predicted molar refractivity (Wildman–Crippen MR) is 354 cm³/mol. The third kappa shape index (κ3) is 62.8. The third-order valence-electron chi connectivity index (χ3n) is 16.0. The van der Waals surface area contributed by atoms with E-state index in [0.717, 1.165) is 96.3 Å². The molecule has 5 atom stereocenters. The predicted octanol–water partition coefficient (Wildman–Crippen LogP) is 19.6. The van der Waals surface area contributed by atoms with Crippen molar-refractivity contribution in [1.29, 1.82) is 0 Å². The largest absolute Gasteiger partial charge is 0.472 e. The summed E-state index contributed by atoms with van der Waals surface area (Å²) in [4.78, 5) is 72.4. The molecular weight excluding hydrogens is 1160 g/mol. The van der Waals surface area contributed by atoms with Crippen molar-refractivity contribution in [2.24, 2.45) is 11.8 Å². The molecule has 0 saturated heterocycles. The number of hydrogen-bond donors (Lipinski definition) is 3. The minimum Gasteiger partial charge on any atom is -0.462 e. The van der Waals surface area contributed by atoms with Crippen molar-refractivity contribution in [3.63, 3.8) is 0 Å². The summed E-state index contributed by atoms with van der Waals surface area (Å²) in [6.45, 7) is 9.42. The van der Waals surface area contributed by atoms with Gasteiger partial charge in [0.2, 0.25) is 0 Å². The summed E-state index contributed by atoms with van der Waals surface area (Å²) in [6.07, 6.45) is 45.9. The number of hydrogen-bond acceptors (Lipinski definition) is 15. The first-order valence-electron chi connectivity index (χ1n) is 36.0. The number of phosphoric acid groups is 2. The van der Waals surface area contributed by atoms with Crippen molar-refractivity contribution in [2.45, 2.75) is 368 Å². The van der Waals surface area contributed by atoms with Crippen LogP contribution in [0.2, 0.25) is 0 Å². The number of aliphatic hydroxyl groups is 1. The van der Waals surface area contributed by atoms with Crippen LogP contribution in [0.25, 0.3) is 0 Å². The average Bonchev–Trinajstić information content (AvgIpc) is 3.55. The minimum atomic E-state index is -4.95. The van der Waals surface area contributed by atoms with Crippen LogP contribution >= 0.6 is 15.6 Å². The Balaban J connectivity index is 5.23. The molecule has 0 bridgehead atoms. The number of phosphoric ester groups is 2. The van der Waals surface area contributed by atoms with Crippen LogP contribution in [0.3, 0.4) is 0 Å². The molecule has 0 aliphatic rings. The maximum atomic E-state index is 13.0. The van der Waals surface area contributed by atoms with Gasteiger partial charge in [0.15, 0.2) is 12.2 Å². The van der Waals surface area contributed by atoms with Gasteiger partial charge in [0.05, 0.1) is 26.4 Å². The molecule has 19 heteroatoms. The number of carbonyl (C=O) groups excluding carboxylic acids is 4. The van der Waals surface area contributed by atoms with Gasteiger partial charge in [-0.2, -0.15) is 0 Å². The lowest BCUT2D eigenvalue weighted by molar-refractivity contribution is -0.161. The topological polar surface area (TPSA) is 237 Å². The lowest BCUT2D eigenvalue weighted by atomic mass is 10.0. The van der Waals surface area contributed by atoms with Gasteiger partial charge in [-0.1, -0.05) is 298 Å². The van der Waals surface area contributed by atoms with E-state index in [2.05, 4.69) is 41.5 Å². The standard InChI is InChI=1S/C69H134O17P2/c1-7-9-11-13-15-17-19-21-22-23-24-26-28-34-41-47-53-68(73)85-64(57-79-66(71)51-45-39-33-27-25-20-18-16-14-12-10-8-2)59-83-87(75,76)81-55-63(70)56-82-88(77,78)84-60-65(86-69(74)54-48-42-36-30-32-38-44-50-62(5)6)58-80-67(72)52-46-40-35-29-31-37-43-49-61(3)4/h61-65,70H,7-60H2,1-6H3,(H,75,76)(H,77,78)/t63-,64-,65-/m1/s1. The van der Waals surface area contributed by atoms with E-state index in [4.69, 9.17) is 37.0 Å². The van der Waals surface area contributed by atoms with E-state index < -0.39 is 97.5 Å². The van der Waals surface area contributed by atoms with E-state index in [1.807, 2.05) is 0 Å². The van der Waals surface area contributed by atoms with Gasteiger partial charge in [-0.05, 0) is 37.5 Å². The third-order valence-corrected chi connectivity index (χ3v) is 17.9. The quantitative estimate of drug-likeness (QED) is 0.0222. The SMILES string of the molecule is CCCCCCCCCCCCCCCCCCC(=O)O[C@H](COC(=O)CCCCCCCCCCCCCC)COP(=O)(O)OC[C@@H](O)COP(=O)(O)OC[C@@H](COC(=O)CCCCCCCCCC(C)C)OC(=O)CCCCCCCCCC(C)C. The molecule has 0 saturated carbocycles. The molecular formula is C69H134O17P2. The summed E-state index contributed by atoms with van der Waals surface area (Å²) in [7, 11) is -9.90. The van der Waals surface area contributed by atoms with Crippen LogP contribution in [0, 0.1) is 11.8 Å². The minimum absolute atomic E-state index is 0.103. The fourth-order valence-corrected chi connectivity index (χ4v) is 12.0. The monoisotopic (exact) mass is 1300 g/mol. The van der Waals surface area contributed by atoms with Crippen LogP contribution in [0.4, 0.5) is 0 Å². The van der Waals surface area contributed by atoms with Crippen LogP contribution in [0.5, 0.6) is 0 Å². The molecule has 0 aromatic heterocycles. The highest BCUT2D eigenvalue weighted by Crippen LogP contribution is 2.45. The first-order chi connectivity index (χ1) is 42.4. The molecule has 0 radical (unpaired) electrons. The summed E-state index contributed by atoms with van der Waals surface area (Å²) in [5.74, 6) is -0.727. The Bertz CT molecular complexity index is 1720. The number of aliphatic hydroxyl groups excluding tert-OH is 1. The molecule has 0 amide bonds. The van der Waals surface area contributed by atoms with Gasteiger partial charge in [0.25, 0.3) is 0 Å². The van der Waals surface area contributed by atoms with Crippen LogP contribution in [0.1, 0.15) is 350 Å². The van der Waals surface area contributed by atoms with Crippen molar-refractivity contribution in [1.82, 2.24) is 0 Å². The van der Waals surface area contributed by atoms with Crippen molar-refractivity contribution >= 4 is 39.5 Å². The second-order valence-electron chi connectivity index (χ2n) is 25.9. The maximum absolute atomic E-state index is 13.0. The van der Waals surface area contributed by atoms with Crippen LogP contribution in [-0.2, 0) is 65.4 Å². The lowest BCUT2D eigenvalue weighted by Crippen LogP contribution is -2.30. The van der Waals surface area contributed by atoms with Crippen LogP contribution in [0.15, 0.2) is 0 Å². The molecule has 522 valence electrons. The van der Waals surface area contributed by atoms with Gasteiger partial charge in [0, 0.05) is 25.7 Å². The molecule has 0 spiro atoms. The van der Waals surface area contributed by atoms with E-state index in [1.54, 1.807) is 0 Å². The number of unbranched alkanes of at least 4 members (excludes halogenated alkanes) is 38. The zero-order valence-corrected chi connectivity index (χ0v) is 58.8. The average molecular weight is 1300 g/mol. The molecule has 0 aliphatic heterocycles. The van der Waals surface area contributed by atoms with Gasteiger partial charge in [0.1, 0.15) is 19.3 Å². The van der Waals surface area contributed by atoms with E-state index in [-0.39, 0.29) is 25.7 Å². The first kappa shape index (κ1) is 86.1. The molecule has 0 aliphatic carbocycles. The fraction of sp³-hybridized carbons (Fsp3) is 0.942. The van der Waals surface area contributed by atoms with Crippen molar-refractivity contribution in [2.75, 3.05) is 39.6 Å². The van der Waals surface area contributed by atoms with Crippen molar-refractivity contribution in [3.8, 4) is 0 Å². The normalized spacial score (nSPS) is 14.2. The Morgan fingerprint density at radius 1 is 0.307 bits per heavy atom. The van der Waals surface area contributed by atoms with Gasteiger partial charge in [-0.15, -0.1) is 0 Å². The summed E-state index contributed by atoms with van der Waals surface area (Å²) < 4.78 is 68.2. The van der Waals surface area contributed by atoms with Gasteiger partial charge < -0.3 is 33.8 Å². The molecule has 0 heterocycles. The van der Waals surface area contributed by atoms with E-state index >= 15 is 0 Å². The highest BCUT2D eigenvalue weighted by atomic mass is 31.2. The second kappa shape index (κ2) is 61.3. The van der Waals surface area contributed by atoms with E-state index in [1.165, 1.54) is 161 Å². The fourth-order valence-electron chi connectivity index (χ4n) is 10.4. The van der Waals surface area contributed by atoms with Gasteiger partial charge in [-0.3, -0.25) is 37.3 Å². The van der Waals surface area contributed by atoms with Crippen molar-refractivity contribution < 1.29 is 80.2 Å². The molecule has 3 N–H and O–H groups in total. The molecule has 88 heavy (non-hydrogen) atoms. The summed E-state index contributed by atoms with van der Waals surface area (Å²) in [6, 6.07) is 0. The van der Waals surface area contributed by atoms with Gasteiger partial charge >= 0.3 is 39.5 Å². The molecule has 0 aromatic carbocycles. The molecule has 17 nitrogen and oxygen atoms in total. The number of rotatable bonds is 68. The smallest absolute Gasteiger partial charge is 0.462 e. The molecule has 0 aromatic rings.